The molecule has 42 heavy (non-hydrogen) atoms. The molecule has 0 radical (unpaired) electrons. The Morgan fingerprint density at radius 1 is 0.929 bits per heavy atom. The third-order valence-corrected chi connectivity index (χ3v) is 6.76. The monoisotopic (exact) mass is 574 g/mol. The maximum Gasteiger partial charge on any atom is 0.416 e. The Morgan fingerprint density at radius 2 is 1.67 bits per heavy atom. The van der Waals surface area contributed by atoms with Crippen LogP contribution in [0.2, 0.25) is 0 Å². The van der Waals surface area contributed by atoms with E-state index in [0.717, 1.165) is 17.7 Å². The van der Waals surface area contributed by atoms with E-state index < -0.39 is 17.6 Å². The van der Waals surface area contributed by atoms with Crippen molar-refractivity contribution in [3.63, 3.8) is 0 Å². The lowest BCUT2D eigenvalue weighted by Crippen LogP contribution is -2.38. The summed E-state index contributed by atoms with van der Waals surface area (Å²) in [6.07, 6.45) is -2.68. The zero-order chi connectivity index (χ0) is 30.0. The number of alkyl halides is 3. The molecule has 0 unspecified atom stereocenters. The summed E-state index contributed by atoms with van der Waals surface area (Å²) in [6, 6.07) is 15.9. The van der Waals surface area contributed by atoms with E-state index in [1.807, 2.05) is 6.92 Å². The third kappa shape index (κ3) is 5.92. The van der Waals surface area contributed by atoms with Crippen LogP contribution < -0.4 is 20.9 Å². The number of fused-ring (bicyclic) bond motifs is 1. The van der Waals surface area contributed by atoms with Gasteiger partial charge in [0, 0.05) is 54.4 Å². The molecule has 0 spiro atoms. The van der Waals surface area contributed by atoms with Crippen molar-refractivity contribution in [2.75, 3.05) is 29.1 Å². The van der Waals surface area contributed by atoms with Gasteiger partial charge in [-0.2, -0.15) is 13.2 Å². The largest absolute Gasteiger partial charge is 0.416 e. The van der Waals surface area contributed by atoms with E-state index in [9.17, 15) is 27.6 Å². The molecular weight excluding hydrogens is 549 g/mol. The van der Waals surface area contributed by atoms with Crippen molar-refractivity contribution in [1.82, 2.24) is 15.3 Å². The zero-order valence-corrected chi connectivity index (χ0v) is 22.5. The minimum absolute atomic E-state index is 0.140. The predicted octanol–water partition coefficient (Wildman–Crippen LogP) is 5.36. The minimum atomic E-state index is -4.57. The minimum Gasteiger partial charge on any atom is -0.355 e. The molecule has 9 nitrogen and oxygen atoms in total. The standard InChI is InChI=1S/C30H25F3N6O3/c1-17-6-9-22(36-27(41)19-4-3-5-20(14-19)30(31,32)33)15-25(17)39-13-12-24-23(28(39)42)16-35-29(38-24)37-21-10-7-18(8-11-21)26(40)34-2/h3-11,14-16H,12-13H2,1-2H3,(H,34,40)(H,36,41)(H,35,37,38). The van der Waals surface area contributed by atoms with Crippen LogP contribution in [0.3, 0.4) is 0 Å². The number of anilines is 4. The Balaban J connectivity index is 1.32. The Kier molecular flexibility index (Phi) is 7.62. The molecule has 3 amide bonds. The molecule has 0 atom stereocenters. The topological polar surface area (TPSA) is 116 Å². The number of aromatic nitrogens is 2. The zero-order valence-electron chi connectivity index (χ0n) is 22.5. The maximum atomic E-state index is 13.4. The number of carbonyl (C=O) groups is 3. The van der Waals surface area contributed by atoms with Crippen LogP contribution in [0.15, 0.2) is 72.9 Å². The van der Waals surface area contributed by atoms with Crippen molar-refractivity contribution in [2.24, 2.45) is 0 Å². The lowest BCUT2D eigenvalue weighted by Gasteiger charge is -2.29. The van der Waals surface area contributed by atoms with Crippen LogP contribution in [0.5, 0.6) is 0 Å². The van der Waals surface area contributed by atoms with Gasteiger partial charge >= 0.3 is 6.18 Å². The van der Waals surface area contributed by atoms with E-state index in [4.69, 9.17) is 0 Å². The SMILES string of the molecule is CNC(=O)c1ccc(Nc2ncc3c(n2)CCN(c2cc(NC(=O)c4cccc(C(F)(F)F)c4)ccc2C)C3=O)cc1. The van der Waals surface area contributed by atoms with Crippen molar-refractivity contribution in [3.8, 4) is 0 Å². The highest BCUT2D eigenvalue weighted by atomic mass is 19.4. The van der Waals surface area contributed by atoms with E-state index in [2.05, 4.69) is 25.9 Å². The summed E-state index contributed by atoms with van der Waals surface area (Å²) in [5, 5.41) is 8.26. The van der Waals surface area contributed by atoms with E-state index in [-0.39, 0.29) is 17.4 Å². The number of nitrogens with zero attached hydrogens (tertiary/aromatic N) is 3. The quantitative estimate of drug-likeness (QED) is 0.286. The first-order valence-corrected chi connectivity index (χ1v) is 12.9. The van der Waals surface area contributed by atoms with Crippen LogP contribution in [0, 0.1) is 6.92 Å². The van der Waals surface area contributed by atoms with E-state index >= 15 is 0 Å². The third-order valence-electron chi connectivity index (χ3n) is 6.76. The summed E-state index contributed by atoms with van der Waals surface area (Å²) in [5.41, 5.74) is 2.67. The molecule has 12 heteroatoms. The predicted molar refractivity (Wildman–Crippen MR) is 151 cm³/mol. The second kappa shape index (κ2) is 11.3. The normalized spacial score (nSPS) is 12.9. The van der Waals surface area contributed by atoms with Crippen LogP contribution >= 0.6 is 0 Å². The highest BCUT2D eigenvalue weighted by Gasteiger charge is 2.31. The van der Waals surface area contributed by atoms with E-state index in [1.54, 1.807) is 54.4 Å². The molecule has 2 heterocycles. The van der Waals surface area contributed by atoms with Crippen molar-refractivity contribution >= 4 is 40.7 Å². The molecule has 0 saturated carbocycles. The van der Waals surface area contributed by atoms with Gasteiger partial charge in [-0.15, -0.1) is 0 Å². The number of carbonyl (C=O) groups excluding carboxylic acids is 3. The maximum absolute atomic E-state index is 13.4. The number of nitrogens with one attached hydrogen (secondary N) is 3. The number of amides is 3. The Hall–Kier alpha value is -5.26. The van der Waals surface area contributed by atoms with E-state index in [1.165, 1.54) is 18.3 Å². The van der Waals surface area contributed by atoms with Crippen LogP contribution in [-0.2, 0) is 12.6 Å². The van der Waals surface area contributed by atoms with Crippen molar-refractivity contribution in [1.29, 1.82) is 0 Å². The second-order valence-corrected chi connectivity index (χ2v) is 9.58. The molecule has 3 N–H and O–H groups in total. The smallest absolute Gasteiger partial charge is 0.355 e. The summed E-state index contributed by atoms with van der Waals surface area (Å²) in [6.45, 7) is 2.13. The van der Waals surface area contributed by atoms with Gasteiger partial charge in [0.25, 0.3) is 17.7 Å². The molecule has 1 aliphatic heterocycles. The molecule has 1 aliphatic rings. The van der Waals surface area contributed by atoms with Gasteiger partial charge in [0.1, 0.15) is 0 Å². The highest BCUT2D eigenvalue weighted by Crippen LogP contribution is 2.31. The number of aryl methyl sites for hydroxylation is 1. The molecule has 214 valence electrons. The number of hydrogen-bond acceptors (Lipinski definition) is 6. The van der Waals surface area contributed by atoms with Gasteiger partial charge in [-0.3, -0.25) is 14.4 Å². The Morgan fingerprint density at radius 3 is 2.38 bits per heavy atom. The van der Waals surface area contributed by atoms with Crippen molar-refractivity contribution in [3.05, 3.63) is 106 Å². The molecule has 0 saturated heterocycles. The van der Waals surface area contributed by atoms with Gasteiger partial charge in [-0.05, 0) is 67.1 Å². The number of halogens is 3. The Bertz CT molecular complexity index is 1690. The van der Waals surface area contributed by atoms with Gasteiger partial charge in [0.15, 0.2) is 0 Å². The van der Waals surface area contributed by atoms with Crippen LogP contribution in [0.25, 0.3) is 0 Å². The molecule has 0 aliphatic carbocycles. The highest BCUT2D eigenvalue weighted by molar-refractivity contribution is 6.09. The molecule has 4 aromatic rings. The molecule has 5 rings (SSSR count). The van der Waals surface area contributed by atoms with Crippen molar-refractivity contribution < 1.29 is 27.6 Å². The second-order valence-electron chi connectivity index (χ2n) is 9.58. The average Bonchev–Trinajstić information content (AvgIpc) is 2.98. The van der Waals surface area contributed by atoms with Gasteiger partial charge in [-0.1, -0.05) is 12.1 Å². The molecular formula is C30H25F3N6O3. The summed E-state index contributed by atoms with van der Waals surface area (Å²) in [7, 11) is 1.55. The van der Waals surface area contributed by atoms with Crippen LogP contribution in [-0.4, -0.2) is 41.3 Å². The first kappa shape index (κ1) is 28.3. The summed E-state index contributed by atoms with van der Waals surface area (Å²) >= 11 is 0. The summed E-state index contributed by atoms with van der Waals surface area (Å²) in [4.78, 5) is 48.3. The molecule has 3 aromatic carbocycles. The molecule has 1 aromatic heterocycles. The first-order valence-electron chi connectivity index (χ1n) is 12.9. The van der Waals surface area contributed by atoms with Crippen LogP contribution in [0.1, 0.15) is 47.9 Å². The fraction of sp³-hybridized carbons (Fsp3) is 0.167. The average molecular weight is 575 g/mol. The lowest BCUT2D eigenvalue weighted by atomic mass is 10.0. The van der Waals surface area contributed by atoms with Crippen molar-refractivity contribution in [2.45, 2.75) is 19.5 Å². The number of benzene rings is 3. The lowest BCUT2D eigenvalue weighted by molar-refractivity contribution is -0.137. The van der Waals surface area contributed by atoms with Gasteiger partial charge in [0.2, 0.25) is 5.95 Å². The fourth-order valence-corrected chi connectivity index (χ4v) is 4.54. The van der Waals surface area contributed by atoms with E-state index in [0.29, 0.717) is 52.8 Å². The van der Waals surface area contributed by atoms with Gasteiger partial charge in [0.05, 0.1) is 16.8 Å². The Labute approximate surface area is 238 Å². The van der Waals surface area contributed by atoms with Gasteiger partial charge < -0.3 is 20.9 Å². The molecule has 0 bridgehead atoms. The molecule has 0 fully saturated rings. The first-order chi connectivity index (χ1) is 20.0. The number of rotatable bonds is 6. The van der Waals surface area contributed by atoms with Crippen LogP contribution in [0.4, 0.5) is 36.2 Å². The number of hydrogen-bond donors (Lipinski definition) is 3. The van der Waals surface area contributed by atoms with Gasteiger partial charge in [-0.25, -0.2) is 9.97 Å². The summed E-state index contributed by atoms with van der Waals surface area (Å²) < 4.78 is 39.2. The fourth-order valence-electron chi connectivity index (χ4n) is 4.54. The summed E-state index contributed by atoms with van der Waals surface area (Å²) in [5.74, 6) is -0.920.